The maximum absolute atomic E-state index is 5.33. The molecule has 1 heterocycles. The zero-order valence-electron chi connectivity index (χ0n) is 7.31. The summed E-state index contributed by atoms with van der Waals surface area (Å²) >= 11 is 0. The van der Waals surface area contributed by atoms with E-state index in [0.717, 1.165) is 13.2 Å². The van der Waals surface area contributed by atoms with Gasteiger partial charge in [0.15, 0.2) is 0 Å². The van der Waals surface area contributed by atoms with Gasteiger partial charge in [-0.2, -0.15) is 0 Å². The molecule has 0 bridgehead atoms. The van der Waals surface area contributed by atoms with Crippen molar-refractivity contribution in [2.45, 2.75) is 32.8 Å². The predicted molar refractivity (Wildman–Crippen MR) is 44.2 cm³/mol. The average molecular weight is 145 g/mol. The van der Waals surface area contributed by atoms with Crippen LogP contribution in [-0.4, -0.2) is 26.3 Å². The Morgan fingerprint density at radius 2 is 2.20 bits per heavy atom. The molecule has 2 nitrogen and oxygen atoms in total. The Labute approximate surface area is 64.0 Å². The fraction of sp³-hybridized carbons (Fsp3) is 1.00. The normalized spacial score (nSPS) is 23.7. The molecule has 1 N–H and O–H groups in total. The van der Waals surface area contributed by atoms with Gasteiger partial charge in [0.05, 0.1) is 6.10 Å². The largest absolute Gasteiger partial charge is 0.377 e. The van der Waals surface area contributed by atoms with Crippen LogP contribution < -0.4 is 5.32 Å². The molecule has 1 unspecified atom stereocenters. The van der Waals surface area contributed by atoms with Crippen LogP contribution in [0.25, 0.3) is 0 Å². The van der Waals surface area contributed by atoms with Crippen molar-refractivity contribution in [3.8, 4) is 0 Å². The first-order valence-corrected chi connectivity index (χ1v) is 4.19. The predicted octanol–water partition coefficient (Wildman–Crippen LogP) is 1.41. The highest BCUT2D eigenvalue weighted by molar-refractivity contribution is 4.65. The minimum absolute atomic E-state index is 0.500. The molecule has 10 heavy (non-hydrogen) atoms. The van der Waals surface area contributed by atoms with Gasteiger partial charge in [-0.1, -0.05) is 13.8 Å². The lowest BCUT2D eigenvalue weighted by molar-refractivity contribution is 0.112. The van der Waals surface area contributed by atoms with Crippen LogP contribution in [0.4, 0.5) is 0 Å². The molecule has 0 spiro atoms. The van der Waals surface area contributed by atoms with E-state index in [4.69, 9.17) is 4.74 Å². The van der Waals surface area contributed by atoms with Gasteiger partial charge in [-0.3, -0.25) is 0 Å². The highest BCUT2D eigenvalue weighted by Crippen LogP contribution is 2.09. The molecule has 1 saturated heterocycles. The Morgan fingerprint density at radius 3 is 2.60 bits per heavy atom. The number of hydrogen-bond donors (Lipinski definition) is 1. The third kappa shape index (κ3) is 3.85. The molecule has 0 saturated carbocycles. The Hall–Kier alpha value is -0.0800. The molecule has 1 aliphatic rings. The van der Waals surface area contributed by atoms with Gasteiger partial charge in [0.2, 0.25) is 0 Å². The molecule has 0 aromatic heterocycles. The lowest BCUT2D eigenvalue weighted by atomic mass is 10.2. The van der Waals surface area contributed by atoms with Crippen molar-refractivity contribution in [2.75, 3.05) is 20.2 Å². The van der Waals surface area contributed by atoms with Gasteiger partial charge in [0.25, 0.3) is 0 Å². The minimum atomic E-state index is 0.500. The molecule has 1 fully saturated rings. The Kier molecular flexibility index (Phi) is 6.98. The molecule has 1 aliphatic heterocycles. The lowest BCUT2D eigenvalue weighted by Gasteiger charge is -2.05. The highest BCUT2D eigenvalue weighted by atomic mass is 16.5. The van der Waals surface area contributed by atoms with Crippen molar-refractivity contribution in [1.82, 2.24) is 5.32 Å². The highest BCUT2D eigenvalue weighted by Gasteiger charge is 2.12. The van der Waals surface area contributed by atoms with E-state index in [0.29, 0.717) is 6.10 Å². The van der Waals surface area contributed by atoms with E-state index in [9.17, 15) is 0 Å². The van der Waals surface area contributed by atoms with E-state index in [1.165, 1.54) is 12.8 Å². The fourth-order valence-electron chi connectivity index (χ4n) is 1.03. The quantitative estimate of drug-likeness (QED) is 0.634. The van der Waals surface area contributed by atoms with Crippen molar-refractivity contribution in [2.24, 2.45) is 0 Å². The first-order valence-electron chi connectivity index (χ1n) is 4.19. The molecule has 0 aromatic carbocycles. The van der Waals surface area contributed by atoms with Crippen LogP contribution in [0.3, 0.4) is 0 Å². The van der Waals surface area contributed by atoms with E-state index in [2.05, 4.69) is 5.32 Å². The number of ether oxygens (including phenoxy) is 1. The molecular formula is C8H19NO. The van der Waals surface area contributed by atoms with E-state index in [-0.39, 0.29) is 0 Å². The van der Waals surface area contributed by atoms with Crippen LogP contribution >= 0.6 is 0 Å². The summed E-state index contributed by atoms with van der Waals surface area (Å²) < 4.78 is 5.33. The van der Waals surface area contributed by atoms with E-state index < -0.39 is 0 Å². The average Bonchev–Trinajstić information content (AvgIpc) is 2.46. The number of nitrogens with one attached hydrogen (secondary N) is 1. The van der Waals surface area contributed by atoms with Gasteiger partial charge >= 0.3 is 0 Å². The van der Waals surface area contributed by atoms with E-state index in [1.807, 2.05) is 20.9 Å². The Morgan fingerprint density at radius 1 is 1.50 bits per heavy atom. The number of likely N-dealkylation sites (N-methyl/N-ethyl adjacent to an activating group) is 1. The monoisotopic (exact) mass is 145 g/mol. The molecule has 62 valence electrons. The molecule has 1 rings (SSSR count). The second-order valence-corrected chi connectivity index (χ2v) is 2.19. The molecule has 0 amide bonds. The van der Waals surface area contributed by atoms with Crippen LogP contribution in [-0.2, 0) is 4.74 Å². The van der Waals surface area contributed by atoms with Gasteiger partial charge in [0, 0.05) is 13.2 Å². The van der Waals surface area contributed by atoms with Gasteiger partial charge in [-0.15, -0.1) is 0 Å². The second-order valence-electron chi connectivity index (χ2n) is 2.19. The van der Waals surface area contributed by atoms with Gasteiger partial charge in [-0.25, -0.2) is 0 Å². The summed E-state index contributed by atoms with van der Waals surface area (Å²) in [6.07, 6.45) is 2.98. The Balaban J connectivity index is 0.000000371. The smallest absolute Gasteiger partial charge is 0.0700 e. The molecule has 1 atom stereocenters. The fourth-order valence-corrected chi connectivity index (χ4v) is 1.03. The molecule has 0 aromatic rings. The van der Waals surface area contributed by atoms with Crippen molar-refractivity contribution < 1.29 is 4.74 Å². The summed E-state index contributed by atoms with van der Waals surface area (Å²) in [5.74, 6) is 0. The summed E-state index contributed by atoms with van der Waals surface area (Å²) in [4.78, 5) is 0. The summed E-state index contributed by atoms with van der Waals surface area (Å²) in [6.45, 7) is 5.98. The molecular weight excluding hydrogens is 126 g/mol. The van der Waals surface area contributed by atoms with E-state index in [1.54, 1.807) is 0 Å². The second kappa shape index (κ2) is 7.03. The molecule has 2 heteroatoms. The number of hydrogen-bond acceptors (Lipinski definition) is 2. The maximum Gasteiger partial charge on any atom is 0.0700 e. The van der Waals surface area contributed by atoms with Crippen molar-refractivity contribution in [1.29, 1.82) is 0 Å². The number of rotatable bonds is 2. The zero-order chi connectivity index (χ0) is 7.82. The summed E-state index contributed by atoms with van der Waals surface area (Å²) in [7, 11) is 1.96. The SMILES string of the molecule is CC.CNCC1CCCO1. The van der Waals surface area contributed by atoms with Gasteiger partial charge < -0.3 is 10.1 Å². The molecule has 0 aliphatic carbocycles. The van der Waals surface area contributed by atoms with Gasteiger partial charge in [-0.05, 0) is 19.9 Å². The van der Waals surface area contributed by atoms with Gasteiger partial charge in [0.1, 0.15) is 0 Å². The van der Waals surface area contributed by atoms with Crippen LogP contribution in [0.5, 0.6) is 0 Å². The van der Waals surface area contributed by atoms with E-state index >= 15 is 0 Å². The van der Waals surface area contributed by atoms with Crippen molar-refractivity contribution in [3.63, 3.8) is 0 Å². The van der Waals surface area contributed by atoms with Crippen molar-refractivity contribution >= 4 is 0 Å². The van der Waals surface area contributed by atoms with Crippen molar-refractivity contribution in [3.05, 3.63) is 0 Å². The van der Waals surface area contributed by atoms with Crippen LogP contribution in [0.15, 0.2) is 0 Å². The minimum Gasteiger partial charge on any atom is -0.377 e. The third-order valence-corrected chi connectivity index (χ3v) is 1.46. The third-order valence-electron chi connectivity index (χ3n) is 1.46. The van der Waals surface area contributed by atoms with Crippen LogP contribution in [0, 0.1) is 0 Å². The lowest BCUT2D eigenvalue weighted by Crippen LogP contribution is -2.22. The molecule has 0 radical (unpaired) electrons. The standard InChI is InChI=1S/C6H13NO.C2H6/c1-7-5-6-3-2-4-8-6;1-2/h6-7H,2-5H2,1H3;1-2H3. The first kappa shape index (κ1) is 9.92. The zero-order valence-corrected chi connectivity index (χ0v) is 7.31. The maximum atomic E-state index is 5.33. The summed E-state index contributed by atoms with van der Waals surface area (Å²) in [6, 6.07) is 0. The topological polar surface area (TPSA) is 21.3 Å². The van der Waals surface area contributed by atoms with Crippen LogP contribution in [0.2, 0.25) is 0 Å². The Bertz CT molecular complexity index is 60.3. The summed E-state index contributed by atoms with van der Waals surface area (Å²) in [5.41, 5.74) is 0. The summed E-state index contributed by atoms with van der Waals surface area (Å²) in [5, 5.41) is 3.08. The van der Waals surface area contributed by atoms with Crippen LogP contribution in [0.1, 0.15) is 26.7 Å². The first-order chi connectivity index (χ1) is 4.93.